The van der Waals surface area contributed by atoms with Crippen LogP contribution in [0.1, 0.15) is 32.3 Å². The predicted molar refractivity (Wildman–Crippen MR) is 85.7 cm³/mol. The molecule has 2 rings (SSSR count). The highest BCUT2D eigenvalue weighted by Crippen LogP contribution is 2.27. The number of hydrogen-bond acceptors (Lipinski definition) is 2. The second-order valence-corrected chi connectivity index (χ2v) is 5.42. The van der Waals surface area contributed by atoms with E-state index in [0.29, 0.717) is 5.75 Å². The van der Waals surface area contributed by atoms with Crippen molar-refractivity contribution in [3.05, 3.63) is 59.9 Å². The summed E-state index contributed by atoms with van der Waals surface area (Å²) in [6, 6.07) is 13.7. The van der Waals surface area contributed by atoms with Crippen molar-refractivity contribution in [1.29, 1.82) is 0 Å². The standard InChI is InChI=1S/C18H20FNO2/c1-12(2)14-8-4-7-11-17(14)22-13(3)18(21)20-16-10-6-5-9-15(16)19/h4-13H,1-3H3,(H,20,21)/t13-/m1/s1. The van der Waals surface area contributed by atoms with Crippen LogP contribution in [0.25, 0.3) is 0 Å². The summed E-state index contributed by atoms with van der Waals surface area (Å²) in [6.45, 7) is 5.77. The zero-order valence-electron chi connectivity index (χ0n) is 13.0. The van der Waals surface area contributed by atoms with Crippen LogP contribution in [0.3, 0.4) is 0 Å². The smallest absolute Gasteiger partial charge is 0.265 e. The largest absolute Gasteiger partial charge is 0.481 e. The van der Waals surface area contributed by atoms with Gasteiger partial charge in [-0.2, -0.15) is 0 Å². The normalized spacial score (nSPS) is 12.0. The van der Waals surface area contributed by atoms with Crippen LogP contribution in [0.4, 0.5) is 10.1 Å². The number of para-hydroxylation sites is 2. The average molecular weight is 301 g/mol. The van der Waals surface area contributed by atoms with Gasteiger partial charge in [-0.3, -0.25) is 4.79 Å². The molecule has 2 aromatic rings. The van der Waals surface area contributed by atoms with Crippen molar-refractivity contribution < 1.29 is 13.9 Å². The van der Waals surface area contributed by atoms with Gasteiger partial charge in [0.25, 0.3) is 5.91 Å². The minimum absolute atomic E-state index is 0.153. The van der Waals surface area contributed by atoms with Gasteiger partial charge in [0.05, 0.1) is 5.69 Å². The first-order valence-electron chi connectivity index (χ1n) is 7.30. The molecule has 0 aliphatic carbocycles. The number of benzene rings is 2. The Hall–Kier alpha value is -2.36. The van der Waals surface area contributed by atoms with E-state index in [1.54, 1.807) is 19.1 Å². The third kappa shape index (κ3) is 3.85. The van der Waals surface area contributed by atoms with Gasteiger partial charge in [-0.15, -0.1) is 0 Å². The van der Waals surface area contributed by atoms with E-state index in [4.69, 9.17) is 4.74 Å². The first-order chi connectivity index (χ1) is 10.5. The Balaban J connectivity index is 2.08. The van der Waals surface area contributed by atoms with Crippen LogP contribution < -0.4 is 10.1 Å². The Kier molecular flexibility index (Phi) is 5.15. The molecule has 0 heterocycles. The van der Waals surface area contributed by atoms with Gasteiger partial charge in [0.2, 0.25) is 0 Å². The maximum Gasteiger partial charge on any atom is 0.265 e. The lowest BCUT2D eigenvalue weighted by Crippen LogP contribution is -2.30. The second-order valence-electron chi connectivity index (χ2n) is 5.42. The molecule has 0 aliphatic rings. The van der Waals surface area contributed by atoms with Gasteiger partial charge < -0.3 is 10.1 Å². The van der Waals surface area contributed by atoms with E-state index in [1.165, 1.54) is 12.1 Å². The van der Waals surface area contributed by atoms with Gasteiger partial charge in [0, 0.05) is 0 Å². The van der Waals surface area contributed by atoms with Crippen molar-refractivity contribution in [3.63, 3.8) is 0 Å². The summed E-state index contributed by atoms with van der Waals surface area (Å²) in [5.41, 5.74) is 1.19. The summed E-state index contributed by atoms with van der Waals surface area (Å²) >= 11 is 0. The molecule has 0 saturated carbocycles. The number of amides is 1. The molecule has 4 heteroatoms. The van der Waals surface area contributed by atoms with Crippen LogP contribution in [0.2, 0.25) is 0 Å². The van der Waals surface area contributed by atoms with Gasteiger partial charge in [-0.05, 0) is 36.6 Å². The van der Waals surface area contributed by atoms with Gasteiger partial charge in [0.15, 0.2) is 6.10 Å². The van der Waals surface area contributed by atoms with Crippen molar-refractivity contribution in [2.45, 2.75) is 32.8 Å². The third-order valence-electron chi connectivity index (χ3n) is 3.35. The molecule has 0 unspecified atom stereocenters. The molecule has 0 bridgehead atoms. The summed E-state index contributed by atoms with van der Waals surface area (Å²) in [6.07, 6.45) is -0.723. The van der Waals surface area contributed by atoms with Crippen molar-refractivity contribution in [2.24, 2.45) is 0 Å². The quantitative estimate of drug-likeness (QED) is 0.891. The van der Waals surface area contributed by atoms with E-state index >= 15 is 0 Å². The number of anilines is 1. The van der Waals surface area contributed by atoms with E-state index in [2.05, 4.69) is 19.2 Å². The highest BCUT2D eigenvalue weighted by molar-refractivity contribution is 5.94. The van der Waals surface area contributed by atoms with Gasteiger partial charge in [-0.25, -0.2) is 4.39 Å². The molecule has 0 aliphatic heterocycles. The lowest BCUT2D eigenvalue weighted by molar-refractivity contribution is -0.122. The van der Waals surface area contributed by atoms with E-state index in [-0.39, 0.29) is 17.5 Å². The Bertz CT molecular complexity index is 655. The molecule has 22 heavy (non-hydrogen) atoms. The molecule has 116 valence electrons. The molecular formula is C18H20FNO2. The van der Waals surface area contributed by atoms with Gasteiger partial charge in [0.1, 0.15) is 11.6 Å². The molecule has 1 atom stereocenters. The predicted octanol–water partition coefficient (Wildman–Crippen LogP) is 4.36. The Labute approximate surface area is 130 Å². The number of nitrogens with one attached hydrogen (secondary N) is 1. The van der Waals surface area contributed by atoms with Crippen LogP contribution >= 0.6 is 0 Å². The maximum atomic E-state index is 13.6. The number of rotatable bonds is 5. The van der Waals surface area contributed by atoms with Gasteiger partial charge >= 0.3 is 0 Å². The molecule has 0 fully saturated rings. The van der Waals surface area contributed by atoms with Crippen molar-refractivity contribution in [3.8, 4) is 5.75 Å². The third-order valence-corrected chi connectivity index (χ3v) is 3.35. The SMILES string of the molecule is CC(C)c1ccccc1O[C@H](C)C(=O)Nc1ccccc1F. The fourth-order valence-electron chi connectivity index (χ4n) is 2.11. The lowest BCUT2D eigenvalue weighted by atomic mass is 10.0. The summed E-state index contributed by atoms with van der Waals surface area (Å²) in [5.74, 6) is 0.112. The minimum Gasteiger partial charge on any atom is -0.481 e. The van der Waals surface area contributed by atoms with Crippen molar-refractivity contribution in [2.75, 3.05) is 5.32 Å². The second kappa shape index (κ2) is 7.07. The lowest BCUT2D eigenvalue weighted by Gasteiger charge is -2.18. The van der Waals surface area contributed by atoms with Crippen LogP contribution in [-0.2, 0) is 4.79 Å². The average Bonchev–Trinajstić information content (AvgIpc) is 2.49. The monoisotopic (exact) mass is 301 g/mol. The van der Waals surface area contributed by atoms with Crippen LogP contribution in [0.5, 0.6) is 5.75 Å². The Morgan fingerprint density at radius 1 is 1.05 bits per heavy atom. The minimum atomic E-state index is -0.723. The summed E-state index contributed by atoms with van der Waals surface area (Å²) < 4.78 is 19.3. The van der Waals surface area contributed by atoms with E-state index in [0.717, 1.165) is 5.56 Å². The number of ether oxygens (including phenoxy) is 1. The van der Waals surface area contributed by atoms with Crippen molar-refractivity contribution in [1.82, 2.24) is 0 Å². The molecule has 0 saturated heterocycles. The Morgan fingerprint density at radius 2 is 1.68 bits per heavy atom. The zero-order chi connectivity index (χ0) is 16.1. The summed E-state index contributed by atoms with van der Waals surface area (Å²) in [5, 5.41) is 2.54. The van der Waals surface area contributed by atoms with Crippen LogP contribution in [0, 0.1) is 5.82 Å². The summed E-state index contributed by atoms with van der Waals surface area (Å²) in [4.78, 5) is 12.1. The molecule has 2 aromatic carbocycles. The molecule has 0 radical (unpaired) electrons. The van der Waals surface area contributed by atoms with Crippen LogP contribution in [0.15, 0.2) is 48.5 Å². The summed E-state index contributed by atoms with van der Waals surface area (Å²) in [7, 11) is 0. The maximum absolute atomic E-state index is 13.6. The first kappa shape index (κ1) is 16.0. The van der Waals surface area contributed by atoms with Crippen molar-refractivity contribution >= 4 is 11.6 Å². The number of hydrogen-bond donors (Lipinski definition) is 1. The first-order valence-corrected chi connectivity index (χ1v) is 7.30. The van der Waals surface area contributed by atoms with E-state index in [9.17, 15) is 9.18 Å². The van der Waals surface area contributed by atoms with E-state index < -0.39 is 11.9 Å². The number of carbonyl (C=O) groups excluding carboxylic acids is 1. The van der Waals surface area contributed by atoms with Crippen LogP contribution in [-0.4, -0.2) is 12.0 Å². The molecular weight excluding hydrogens is 281 g/mol. The fourth-order valence-corrected chi connectivity index (χ4v) is 2.11. The molecule has 3 nitrogen and oxygen atoms in total. The molecule has 1 amide bonds. The fraction of sp³-hybridized carbons (Fsp3) is 0.278. The zero-order valence-corrected chi connectivity index (χ0v) is 13.0. The topological polar surface area (TPSA) is 38.3 Å². The number of carbonyl (C=O) groups is 1. The molecule has 0 spiro atoms. The highest BCUT2D eigenvalue weighted by Gasteiger charge is 2.18. The molecule has 1 N–H and O–H groups in total. The van der Waals surface area contributed by atoms with Gasteiger partial charge in [-0.1, -0.05) is 44.2 Å². The Morgan fingerprint density at radius 3 is 2.36 bits per heavy atom. The number of halogens is 1. The highest BCUT2D eigenvalue weighted by atomic mass is 19.1. The van der Waals surface area contributed by atoms with E-state index in [1.807, 2.05) is 24.3 Å². The molecule has 0 aromatic heterocycles.